The van der Waals surface area contributed by atoms with Crippen LogP contribution in [0.3, 0.4) is 0 Å². The highest BCUT2D eigenvalue weighted by Crippen LogP contribution is 2.24. The molecule has 1 aromatic heterocycles. The van der Waals surface area contributed by atoms with Crippen molar-refractivity contribution in [2.45, 2.75) is 20.0 Å². The molecule has 0 spiro atoms. The van der Waals surface area contributed by atoms with E-state index in [4.69, 9.17) is 0 Å². The molecule has 4 heteroatoms. The van der Waals surface area contributed by atoms with Gasteiger partial charge in [0, 0.05) is 5.38 Å². The normalized spacial score (nSPS) is 12.7. The Morgan fingerprint density at radius 1 is 1.33 bits per heavy atom. The van der Waals surface area contributed by atoms with Gasteiger partial charge in [0.05, 0.1) is 0 Å². The summed E-state index contributed by atoms with van der Waals surface area (Å²) in [6.07, 6.45) is -0.663. The molecule has 0 amide bonds. The van der Waals surface area contributed by atoms with Crippen molar-refractivity contribution in [2.75, 3.05) is 0 Å². The van der Waals surface area contributed by atoms with Gasteiger partial charge in [-0.1, -0.05) is 28.3 Å². The molecule has 0 radical (unpaired) electrons. The molecule has 3 nitrogen and oxygen atoms in total. The third-order valence-electron chi connectivity index (χ3n) is 2.38. The number of hydrogen-bond donors (Lipinski definition) is 1. The highest BCUT2D eigenvalue weighted by molar-refractivity contribution is 7.03. The first kappa shape index (κ1) is 10.3. The lowest BCUT2D eigenvalue weighted by molar-refractivity contribution is 0.214. The smallest absolute Gasteiger partial charge is 0.124 e. The molecule has 2 rings (SSSR count). The number of aromatic nitrogens is 2. The van der Waals surface area contributed by atoms with Gasteiger partial charge >= 0.3 is 0 Å². The van der Waals surface area contributed by atoms with Gasteiger partial charge in [-0.25, -0.2) is 0 Å². The van der Waals surface area contributed by atoms with Crippen LogP contribution in [0.25, 0.3) is 0 Å². The van der Waals surface area contributed by atoms with E-state index in [-0.39, 0.29) is 0 Å². The quantitative estimate of drug-likeness (QED) is 0.844. The first-order valence-corrected chi connectivity index (χ1v) is 5.54. The maximum atomic E-state index is 10.1. The van der Waals surface area contributed by atoms with Crippen LogP contribution in [0.5, 0.6) is 0 Å². The van der Waals surface area contributed by atoms with Crippen LogP contribution in [0.15, 0.2) is 23.6 Å². The van der Waals surface area contributed by atoms with E-state index in [9.17, 15) is 5.11 Å². The van der Waals surface area contributed by atoms with Crippen molar-refractivity contribution < 1.29 is 5.11 Å². The average Bonchev–Trinajstić information content (AvgIpc) is 2.69. The molecule has 0 saturated heterocycles. The maximum absolute atomic E-state index is 10.1. The van der Waals surface area contributed by atoms with Gasteiger partial charge in [0.25, 0.3) is 0 Å². The molecule has 2 aromatic rings. The van der Waals surface area contributed by atoms with E-state index in [0.29, 0.717) is 5.69 Å². The minimum atomic E-state index is -0.663. The second kappa shape index (κ2) is 4.08. The highest BCUT2D eigenvalue weighted by Gasteiger charge is 2.14. The Labute approximate surface area is 92.6 Å². The van der Waals surface area contributed by atoms with Crippen molar-refractivity contribution in [3.63, 3.8) is 0 Å². The summed E-state index contributed by atoms with van der Waals surface area (Å²) in [7, 11) is 0. The average molecular weight is 220 g/mol. The Morgan fingerprint density at radius 2 is 2.13 bits per heavy atom. The molecule has 78 valence electrons. The highest BCUT2D eigenvalue weighted by atomic mass is 32.1. The third kappa shape index (κ3) is 2.06. The van der Waals surface area contributed by atoms with Gasteiger partial charge in [0.1, 0.15) is 11.8 Å². The molecule has 0 fully saturated rings. The van der Waals surface area contributed by atoms with Crippen molar-refractivity contribution in [2.24, 2.45) is 0 Å². The Morgan fingerprint density at radius 3 is 2.73 bits per heavy atom. The fraction of sp³-hybridized carbons (Fsp3) is 0.273. The Bertz CT molecular complexity index is 454. The summed E-state index contributed by atoms with van der Waals surface area (Å²) in [5, 5.41) is 15.7. The largest absolute Gasteiger partial charge is 0.382 e. The summed E-state index contributed by atoms with van der Waals surface area (Å²) in [5.41, 5.74) is 3.79. The number of rotatable bonds is 2. The van der Waals surface area contributed by atoms with E-state index in [2.05, 4.69) is 15.7 Å². The zero-order valence-corrected chi connectivity index (χ0v) is 9.45. The monoisotopic (exact) mass is 220 g/mol. The SMILES string of the molecule is Cc1ccc(C(O)c2csnn2)c(C)c1. The molecule has 1 N–H and O–H groups in total. The van der Waals surface area contributed by atoms with Gasteiger partial charge in [-0.15, -0.1) is 5.10 Å². The number of aliphatic hydroxyl groups is 1. The van der Waals surface area contributed by atoms with Crippen molar-refractivity contribution in [3.05, 3.63) is 46.0 Å². The molecular weight excluding hydrogens is 208 g/mol. The van der Waals surface area contributed by atoms with Gasteiger partial charge < -0.3 is 5.11 Å². The molecule has 1 unspecified atom stereocenters. The number of aliphatic hydroxyl groups excluding tert-OH is 1. The number of hydrogen-bond acceptors (Lipinski definition) is 4. The number of aryl methyl sites for hydroxylation is 2. The lowest BCUT2D eigenvalue weighted by atomic mass is 10.00. The summed E-state index contributed by atoms with van der Waals surface area (Å²) in [6, 6.07) is 5.98. The lowest BCUT2D eigenvalue weighted by Crippen LogP contribution is -2.02. The van der Waals surface area contributed by atoms with Gasteiger partial charge in [-0.2, -0.15) is 0 Å². The van der Waals surface area contributed by atoms with Gasteiger partial charge in [-0.3, -0.25) is 0 Å². The molecular formula is C11H12N2OS. The van der Waals surface area contributed by atoms with Gasteiger partial charge in [0.15, 0.2) is 0 Å². The second-order valence-corrected chi connectivity index (χ2v) is 4.20. The van der Waals surface area contributed by atoms with Crippen molar-refractivity contribution in [3.8, 4) is 0 Å². The van der Waals surface area contributed by atoms with E-state index in [0.717, 1.165) is 11.1 Å². The maximum Gasteiger partial charge on any atom is 0.124 e. The number of benzene rings is 1. The molecule has 1 aromatic carbocycles. The first-order valence-electron chi connectivity index (χ1n) is 4.70. The van der Waals surface area contributed by atoms with Crippen molar-refractivity contribution in [1.29, 1.82) is 0 Å². The van der Waals surface area contributed by atoms with Crippen LogP contribution in [0.2, 0.25) is 0 Å². The van der Waals surface area contributed by atoms with E-state index in [1.54, 1.807) is 5.38 Å². The fourth-order valence-electron chi connectivity index (χ4n) is 1.58. The van der Waals surface area contributed by atoms with E-state index < -0.39 is 6.10 Å². The number of nitrogens with zero attached hydrogens (tertiary/aromatic N) is 2. The predicted octanol–water partition coefficient (Wildman–Crippen LogP) is 2.24. The van der Waals surface area contributed by atoms with Crippen LogP contribution in [-0.2, 0) is 0 Å². The van der Waals surface area contributed by atoms with E-state index in [1.807, 2.05) is 26.0 Å². The third-order valence-corrected chi connectivity index (χ3v) is 2.90. The topological polar surface area (TPSA) is 46.0 Å². The Hall–Kier alpha value is -1.26. The second-order valence-electron chi connectivity index (χ2n) is 3.59. The molecule has 0 aliphatic heterocycles. The van der Waals surface area contributed by atoms with Crippen LogP contribution in [0.1, 0.15) is 28.5 Å². The zero-order chi connectivity index (χ0) is 10.8. The fourth-order valence-corrected chi connectivity index (χ4v) is 2.06. The first-order chi connectivity index (χ1) is 7.18. The van der Waals surface area contributed by atoms with E-state index >= 15 is 0 Å². The van der Waals surface area contributed by atoms with Crippen LogP contribution < -0.4 is 0 Å². The van der Waals surface area contributed by atoms with Crippen LogP contribution >= 0.6 is 11.5 Å². The predicted molar refractivity (Wildman–Crippen MR) is 59.9 cm³/mol. The molecule has 1 atom stereocenters. The minimum absolute atomic E-state index is 0.618. The molecule has 0 aliphatic rings. The van der Waals surface area contributed by atoms with Crippen molar-refractivity contribution in [1.82, 2.24) is 9.59 Å². The zero-order valence-electron chi connectivity index (χ0n) is 8.64. The summed E-state index contributed by atoms with van der Waals surface area (Å²) < 4.78 is 3.75. The van der Waals surface area contributed by atoms with Crippen LogP contribution in [0, 0.1) is 13.8 Å². The summed E-state index contributed by atoms with van der Waals surface area (Å²) in [5.74, 6) is 0. The lowest BCUT2D eigenvalue weighted by Gasteiger charge is -2.11. The molecule has 0 saturated carbocycles. The molecule has 0 aliphatic carbocycles. The molecule has 0 bridgehead atoms. The van der Waals surface area contributed by atoms with Crippen LogP contribution in [-0.4, -0.2) is 14.7 Å². The standard InChI is InChI=1S/C11H12N2OS/c1-7-3-4-9(8(2)5-7)11(14)10-6-15-13-12-10/h3-6,11,14H,1-2H3. The van der Waals surface area contributed by atoms with Gasteiger partial charge in [0.2, 0.25) is 0 Å². The Balaban J connectivity index is 2.38. The molecule has 15 heavy (non-hydrogen) atoms. The van der Waals surface area contributed by atoms with Gasteiger partial charge in [-0.05, 0) is 36.5 Å². The molecule has 1 heterocycles. The summed E-state index contributed by atoms with van der Waals surface area (Å²) in [6.45, 7) is 4.03. The van der Waals surface area contributed by atoms with Crippen LogP contribution in [0.4, 0.5) is 0 Å². The van der Waals surface area contributed by atoms with Crippen molar-refractivity contribution >= 4 is 11.5 Å². The summed E-state index contributed by atoms with van der Waals surface area (Å²) in [4.78, 5) is 0. The minimum Gasteiger partial charge on any atom is -0.382 e. The summed E-state index contributed by atoms with van der Waals surface area (Å²) >= 11 is 1.25. The Kier molecular flexibility index (Phi) is 2.79. The van der Waals surface area contributed by atoms with E-state index in [1.165, 1.54) is 17.1 Å².